The number of hydrogen-bond acceptors (Lipinski definition) is 3. The van der Waals surface area contributed by atoms with Gasteiger partial charge < -0.3 is 9.47 Å². The van der Waals surface area contributed by atoms with Gasteiger partial charge in [0.1, 0.15) is 6.61 Å². The van der Waals surface area contributed by atoms with Gasteiger partial charge in [0.15, 0.2) is 0 Å². The Morgan fingerprint density at radius 3 is 2.83 bits per heavy atom. The van der Waals surface area contributed by atoms with E-state index in [1.54, 1.807) is 0 Å². The van der Waals surface area contributed by atoms with Crippen molar-refractivity contribution in [2.24, 2.45) is 0 Å². The summed E-state index contributed by atoms with van der Waals surface area (Å²) in [6.45, 7) is 0.955. The van der Waals surface area contributed by atoms with Crippen LogP contribution in [-0.4, -0.2) is 19.4 Å². The van der Waals surface area contributed by atoms with Crippen molar-refractivity contribution in [3.05, 3.63) is 0 Å². The molecule has 1 aliphatic heterocycles. The summed E-state index contributed by atoms with van der Waals surface area (Å²) in [5, 5.41) is 0. The summed E-state index contributed by atoms with van der Waals surface area (Å²) in [6.07, 6.45) is -0.220. The molecule has 6 heavy (non-hydrogen) atoms. The van der Waals surface area contributed by atoms with Crippen molar-refractivity contribution >= 4 is 6.47 Å². The van der Waals surface area contributed by atoms with Gasteiger partial charge >= 0.3 is 0 Å². The Kier molecular flexibility index (Phi) is 0.759. The van der Waals surface area contributed by atoms with Gasteiger partial charge in [-0.3, -0.25) is 4.79 Å². The van der Waals surface area contributed by atoms with Gasteiger partial charge in [0.05, 0.1) is 0 Å². The standard InChI is InChI=1S/C3H4O3/c4-2-6-3-1-5-3/h2-3H,1H2. The third kappa shape index (κ3) is 0.687. The average Bonchev–Trinajstić information content (AvgIpc) is 2.21. The summed E-state index contributed by atoms with van der Waals surface area (Å²) in [4.78, 5) is 9.35. The van der Waals surface area contributed by atoms with E-state index in [1.807, 2.05) is 0 Å². The molecule has 3 heteroatoms. The van der Waals surface area contributed by atoms with Crippen LogP contribution in [0.5, 0.6) is 0 Å². The van der Waals surface area contributed by atoms with Crippen molar-refractivity contribution < 1.29 is 14.3 Å². The maximum atomic E-state index is 9.35. The third-order valence-corrected chi connectivity index (χ3v) is 0.510. The molecular formula is C3H4O3. The first-order valence-electron chi connectivity index (χ1n) is 1.64. The van der Waals surface area contributed by atoms with E-state index >= 15 is 0 Å². The van der Waals surface area contributed by atoms with Gasteiger partial charge in [-0.25, -0.2) is 0 Å². The lowest BCUT2D eigenvalue weighted by Gasteiger charge is -1.80. The van der Waals surface area contributed by atoms with Gasteiger partial charge in [-0.2, -0.15) is 0 Å². The lowest BCUT2D eigenvalue weighted by Crippen LogP contribution is -1.88. The molecule has 1 atom stereocenters. The molecule has 0 aromatic heterocycles. The largest absolute Gasteiger partial charge is 0.435 e. The van der Waals surface area contributed by atoms with Crippen molar-refractivity contribution in [2.45, 2.75) is 6.29 Å². The fourth-order valence-corrected chi connectivity index (χ4v) is 0.180. The van der Waals surface area contributed by atoms with Gasteiger partial charge in [0.25, 0.3) is 6.47 Å². The summed E-state index contributed by atoms with van der Waals surface area (Å²) < 4.78 is 8.75. The van der Waals surface area contributed by atoms with E-state index in [2.05, 4.69) is 9.47 Å². The Morgan fingerprint density at radius 1 is 2.00 bits per heavy atom. The Bertz CT molecular complexity index is 57.1. The molecular weight excluding hydrogens is 84.0 g/mol. The maximum Gasteiger partial charge on any atom is 0.295 e. The number of carbonyl (C=O) groups is 1. The highest BCUT2D eigenvalue weighted by molar-refractivity contribution is 5.37. The number of hydrogen-bond donors (Lipinski definition) is 0. The van der Waals surface area contributed by atoms with Gasteiger partial charge in [-0.1, -0.05) is 0 Å². The molecule has 0 aromatic carbocycles. The number of epoxide rings is 1. The molecule has 0 saturated carbocycles. The zero-order valence-corrected chi connectivity index (χ0v) is 3.09. The van der Waals surface area contributed by atoms with E-state index in [4.69, 9.17) is 0 Å². The van der Waals surface area contributed by atoms with E-state index in [9.17, 15) is 4.79 Å². The van der Waals surface area contributed by atoms with Crippen molar-refractivity contribution in [3.8, 4) is 0 Å². The third-order valence-electron chi connectivity index (χ3n) is 0.510. The van der Waals surface area contributed by atoms with E-state index in [0.717, 1.165) is 0 Å². The molecule has 34 valence electrons. The van der Waals surface area contributed by atoms with Gasteiger partial charge in [-0.15, -0.1) is 0 Å². The maximum absolute atomic E-state index is 9.35. The summed E-state index contributed by atoms with van der Waals surface area (Å²) in [5.74, 6) is 0. The molecule has 1 unspecified atom stereocenters. The van der Waals surface area contributed by atoms with Crippen molar-refractivity contribution in [1.82, 2.24) is 0 Å². The lowest BCUT2D eigenvalue weighted by molar-refractivity contribution is -0.132. The first-order chi connectivity index (χ1) is 2.93. The SMILES string of the molecule is O=COC1CO1. The van der Waals surface area contributed by atoms with Crippen LogP contribution in [-0.2, 0) is 14.3 Å². The summed E-state index contributed by atoms with van der Waals surface area (Å²) >= 11 is 0. The topological polar surface area (TPSA) is 38.8 Å². The van der Waals surface area contributed by atoms with E-state index in [1.165, 1.54) is 0 Å². The molecule has 0 aromatic rings. The van der Waals surface area contributed by atoms with Crippen molar-refractivity contribution in [2.75, 3.05) is 6.61 Å². The van der Waals surface area contributed by atoms with Crippen molar-refractivity contribution in [3.63, 3.8) is 0 Å². The first-order valence-corrected chi connectivity index (χ1v) is 1.64. The van der Waals surface area contributed by atoms with Crippen LogP contribution in [0, 0.1) is 0 Å². The Morgan fingerprint density at radius 2 is 2.67 bits per heavy atom. The zero-order valence-electron chi connectivity index (χ0n) is 3.09. The van der Waals surface area contributed by atoms with Crippen molar-refractivity contribution in [1.29, 1.82) is 0 Å². The second kappa shape index (κ2) is 1.26. The first kappa shape index (κ1) is 3.61. The average molecular weight is 88.1 g/mol. The number of ether oxygens (including phenoxy) is 2. The molecule has 0 radical (unpaired) electrons. The molecule has 1 rings (SSSR count). The molecule has 0 bridgehead atoms. The molecule has 1 fully saturated rings. The minimum absolute atomic E-state index is 0.220. The minimum atomic E-state index is -0.220. The predicted octanol–water partition coefficient (Wildman–Crippen LogP) is -0.484. The second-order valence-electron chi connectivity index (χ2n) is 0.995. The zero-order chi connectivity index (χ0) is 4.41. The van der Waals surface area contributed by atoms with E-state index in [0.29, 0.717) is 13.1 Å². The van der Waals surface area contributed by atoms with Gasteiger partial charge in [0.2, 0.25) is 6.29 Å². The highest BCUT2D eigenvalue weighted by atomic mass is 16.8. The fourth-order valence-electron chi connectivity index (χ4n) is 0.180. The molecule has 0 N–H and O–H groups in total. The van der Waals surface area contributed by atoms with E-state index < -0.39 is 0 Å². The van der Waals surface area contributed by atoms with Crippen LogP contribution in [0.1, 0.15) is 0 Å². The second-order valence-corrected chi connectivity index (χ2v) is 0.995. The molecule has 0 aliphatic carbocycles. The molecule has 0 spiro atoms. The lowest BCUT2D eigenvalue weighted by atomic mass is 10.9. The number of rotatable bonds is 2. The Hall–Kier alpha value is -0.570. The highest BCUT2D eigenvalue weighted by Gasteiger charge is 2.22. The minimum Gasteiger partial charge on any atom is -0.435 e. The monoisotopic (exact) mass is 88.0 g/mol. The van der Waals surface area contributed by atoms with Gasteiger partial charge in [-0.05, 0) is 0 Å². The Labute approximate surface area is 34.9 Å². The molecule has 3 nitrogen and oxygen atoms in total. The molecule has 1 aliphatic rings. The Balaban J connectivity index is 2.00. The van der Waals surface area contributed by atoms with Crippen LogP contribution in [0.3, 0.4) is 0 Å². The van der Waals surface area contributed by atoms with Crippen LogP contribution in [0.2, 0.25) is 0 Å². The summed E-state index contributed by atoms with van der Waals surface area (Å²) in [6, 6.07) is 0. The highest BCUT2D eigenvalue weighted by Crippen LogP contribution is 2.07. The van der Waals surface area contributed by atoms with Crippen LogP contribution < -0.4 is 0 Å². The summed E-state index contributed by atoms with van der Waals surface area (Å²) in [7, 11) is 0. The predicted molar refractivity (Wildman–Crippen MR) is 16.9 cm³/mol. The number of carbonyl (C=O) groups excluding carboxylic acids is 1. The van der Waals surface area contributed by atoms with E-state index in [-0.39, 0.29) is 6.29 Å². The normalized spacial score (nSPS) is 29.0. The molecule has 1 saturated heterocycles. The fraction of sp³-hybridized carbons (Fsp3) is 0.667. The van der Waals surface area contributed by atoms with Gasteiger partial charge in [0, 0.05) is 0 Å². The molecule has 0 amide bonds. The smallest absolute Gasteiger partial charge is 0.295 e. The quantitative estimate of drug-likeness (QED) is 0.338. The van der Waals surface area contributed by atoms with Crippen LogP contribution in [0.25, 0.3) is 0 Å². The van der Waals surface area contributed by atoms with Crippen LogP contribution >= 0.6 is 0 Å². The molecule has 1 heterocycles. The summed E-state index contributed by atoms with van der Waals surface area (Å²) in [5.41, 5.74) is 0. The van der Waals surface area contributed by atoms with Crippen LogP contribution in [0.4, 0.5) is 0 Å². The van der Waals surface area contributed by atoms with Crippen LogP contribution in [0.15, 0.2) is 0 Å².